The molecule has 0 unspecified atom stereocenters. The molecule has 0 saturated heterocycles. The third-order valence-corrected chi connectivity index (χ3v) is 12.6. The first kappa shape index (κ1) is 54.3. The average Bonchev–Trinajstić information content (AvgIpc) is 3.28. The summed E-state index contributed by atoms with van der Waals surface area (Å²) in [4.78, 5) is 90.9. The number of nitrogen functional groups attached to an aromatic ring is 1. The number of esters is 1. The molecule has 0 radical (unpaired) electrons. The van der Waals surface area contributed by atoms with Crippen molar-refractivity contribution in [2.24, 2.45) is 11.8 Å². The minimum Gasteiger partial charge on any atom is -0.481 e. The maximum absolute atomic E-state index is 13.0. The van der Waals surface area contributed by atoms with E-state index in [1.165, 1.54) is 17.7 Å². The molecule has 11 N–H and O–H groups in total. The quantitative estimate of drug-likeness (QED) is 0.0184. The number of fused-ring (bicyclic) bond motifs is 1. The molecule has 0 bridgehead atoms. The van der Waals surface area contributed by atoms with Crippen LogP contribution in [0.4, 0.5) is 5.82 Å². The van der Waals surface area contributed by atoms with E-state index in [1.54, 1.807) is 25.3 Å². The summed E-state index contributed by atoms with van der Waals surface area (Å²) in [6.45, 7) is 1.96. The van der Waals surface area contributed by atoms with E-state index in [4.69, 9.17) is 15.6 Å². The number of nitrogens with two attached hydrogens (primary N) is 1. The van der Waals surface area contributed by atoms with Crippen LogP contribution >= 0.6 is 21.6 Å². The fourth-order valence-electron chi connectivity index (χ4n) is 6.21. The molecule has 7 atom stereocenters. The fraction of sp³-hybridized carbons (Fsp3) is 0.571. The number of aryl methyl sites for hydroxylation is 3. The molecule has 3 aromatic rings. The van der Waals surface area contributed by atoms with Crippen LogP contribution in [0.2, 0.25) is 0 Å². The number of nitrogens with zero attached hydrogens (tertiary/aromatic N) is 4. The van der Waals surface area contributed by atoms with E-state index in [0.717, 1.165) is 16.4 Å². The predicted molar refractivity (Wildman–Crippen MR) is 239 cm³/mol. The van der Waals surface area contributed by atoms with Gasteiger partial charge in [-0.1, -0.05) is 65.6 Å². The van der Waals surface area contributed by atoms with Crippen LogP contribution in [0.25, 0.3) is 11.2 Å². The average molecular weight is 950 g/mol. The third-order valence-electron chi connectivity index (χ3n) is 10.2. The molecule has 23 heteroatoms. The highest BCUT2D eigenvalue weighted by Gasteiger charge is 2.30. The second-order valence-corrected chi connectivity index (χ2v) is 18.0. The lowest BCUT2D eigenvalue weighted by Crippen LogP contribution is -2.49. The molecule has 2 amide bonds. The van der Waals surface area contributed by atoms with E-state index in [2.05, 4.69) is 30.6 Å². The largest absolute Gasteiger partial charge is 0.481 e. The van der Waals surface area contributed by atoms with E-state index in [0.29, 0.717) is 66.1 Å². The van der Waals surface area contributed by atoms with Gasteiger partial charge in [-0.15, -0.1) is 0 Å². The van der Waals surface area contributed by atoms with Gasteiger partial charge in [0.1, 0.15) is 36.8 Å². The molecule has 2 aromatic heterocycles. The Morgan fingerprint density at radius 3 is 2.23 bits per heavy atom. The molecule has 0 aliphatic rings. The van der Waals surface area contributed by atoms with E-state index < -0.39 is 85.2 Å². The number of carbonyl (C=O) groups excluding carboxylic acids is 4. The SMILES string of the molecule is Cc1nc(N)c2nc(CCc3ccc(C(=O)C[C@@H](CCCCCC(=O)OCCSSC[C@H](NC(=O)[C@@H](C)CCC(=O)NC[C@H](O)[C@@H](O)[C@H](O)[C@H](O)CO)C(=O)O)C(=O)O)cc3)cnc2n1. The third kappa shape index (κ3) is 19.1. The standard InChI is InChI=1S/C42H59N7O14S2/c1-23(8-15-33(54)44-20-31(52)36(56)37(57)32(53)21-50)40(58)49-29(42(61)62)22-65-64-17-16-63-34(55)7-5-3-4-6-27(41(59)60)18-30(51)26-12-9-25(10-13-26)11-14-28-19-45-39-35(48-28)38(43)46-24(2)47-39/h9-10,12-13,19,23,27,29,31-32,36-37,50,52-53,56-57H,3-8,11,14-18,20-22H2,1-2H3,(H,44,54)(H,49,58)(H,59,60)(H,61,62)(H2,43,45,46,47)/t23-,27+,29-,31-,32+,36+,37+/m0/s1. The van der Waals surface area contributed by atoms with Gasteiger partial charge in [-0.05, 0) is 44.6 Å². The van der Waals surface area contributed by atoms with Gasteiger partial charge >= 0.3 is 17.9 Å². The van der Waals surface area contributed by atoms with E-state index in [-0.39, 0.29) is 56.1 Å². The Hall–Kier alpha value is -5.04. The van der Waals surface area contributed by atoms with Crippen LogP contribution in [-0.4, -0.2) is 153 Å². The zero-order valence-corrected chi connectivity index (χ0v) is 37.8. The summed E-state index contributed by atoms with van der Waals surface area (Å²) < 4.78 is 5.24. The topological polar surface area (TPSA) is 355 Å². The minimum atomic E-state index is -1.85. The molecule has 0 saturated carbocycles. The van der Waals surface area contributed by atoms with Gasteiger partial charge in [0.2, 0.25) is 11.8 Å². The number of aliphatic hydroxyl groups is 5. The molecule has 0 aliphatic heterocycles. The molecule has 0 spiro atoms. The second-order valence-electron chi connectivity index (χ2n) is 15.4. The van der Waals surface area contributed by atoms with Gasteiger partial charge in [-0.3, -0.25) is 24.0 Å². The van der Waals surface area contributed by atoms with E-state index in [9.17, 15) is 59.4 Å². The Kier molecular flexibility index (Phi) is 23.5. The number of carbonyl (C=O) groups is 6. The first-order valence-corrected chi connectivity index (χ1v) is 23.5. The number of hydrogen-bond donors (Lipinski definition) is 10. The molecule has 0 aliphatic carbocycles. The highest BCUT2D eigenvalue weighted by Crippen LogP contribution is 2.23. The molecular weight excluding hydrogens is 891 g/mol. The number of carboxylic acid groups (broad SMARTS) is 2. The number of nitrogens with one attached hydrogen (secondary N) is 2. The number of amides is 2. The van der Waals surface area contributed by atoms with Crippen LogP contribution in [-0.2, 0) is 41.6 Å². The summed E-state index contributed by atoms with van der Waals surface area (Å²) in [6.07, 6.45) is -2.59. The van der Waals surface area contributed by atoms with Gasteiger partial charge in [-0.2, -0.15) is 0 Å². The zero-order chi connectivity index (χ0) is 48.1. The van der Waals surface area contributed by atoms with Gasteiger partial charge in [0.15, 0.2) is 22.8 Å². The van der Waals surface area contributed by atoms with Crippen molar-refractivity contribution >= 4 is 74.1 Å². The second kappa shape index (κ2) is 28.1. The number of rotatable bonds is 31. The van der Waals surface area contributed by atoms with Crippen molar-refractivity contribution in [1.82, 2.24) is 30.6 Å². The van der Waals surface area contributed by atoms with Crippen molar-refractivity contribution in [2.45, 2.75) is 109 Å². The van der Waals surface area contributed by atoms with Gasteiger partial charge in [0.05, 0.1) is 30.5 Å². The molecule has 1 aromatic carbocycles. The summed E-state index contributed by atoms with van der Waals surface area (Å²) in [5.74, 6) is -4.76. The van der Waals surface area contributed by atoms with E-state index in [1.807, 2.05) is 12.1 Å². The fourth-order valence-corrected chi connectivity index (χ4v) is 8.20. The lowest BCUT2D eigenvalue weighted by atomic mass is 9.92. The number of anilines is 1. The molecule has 21 nitrogen and oxygen atoms in total. The van der Waals surface area contributed by atoms with Crippen LogP contribution in [0.15, 0.2) is 30.5 Å². The molecule has 0 fully saturated rings. The minimum absolute atomic E-state index is 0.00351. The summed E-state index contributed by atoms with van der Waals surface area (Å²) in [6, 6.07) is 5.78. The number of aliphatic hydroxyl groups excluding tert-OH is 5. The number of aromatic nitrogens is 4. The van der Waals surface area contributed by atoms with Crippen molar-refractivity contribution in [3.8, 4) is 0 Å². The molecule has 358 valence electrons. The number of ketones is 1. The Bertz CT molecular complexity index is 2050. The zero-order valence-electron chi connectivity index (χ0n) is 36.2. The molecule has 3 rings (SSSR count). The lowest BCUT2D eigenvalue weighted by molar-refractivity contribution is -0.143. The maximum Gasteiger partial charge on any atom is 0.327 e. The molecule has 2 heterocycles. The van der Waals surface area contributed by atoms with Crippen LogP contribution in [0.3, 0.4) is 0 Å². The highest BCUT2D eigenvalue weighted by molar-refractivity contribution is 8.76. The van der Waals surface area contributed by atoms with E-state index >= 15 is 0 Å². The van der Waals surface area contributed by atoms with Gasteiger partial charge in [-0.25, -0.2) is 24.7 Å². The summed E-state index contributed by atoms with van der Waals surface area (Å²) in [5, 5.41) is 71.7. The highest BCUT2D eigenvalue weighted by atomic mass is 33.1. The number of unbranched alkanes of at least 4 members (excludes halogenated alkanes) is 2. The summed E-state index contributed by atoms with van der Waals surface area (Å²) >= 11 is 0. The van der Waals surface area contributed by atoms with Crippen molar-refractivity contribution in [3.63, 3.8) is 0 Å². The maximum atomic E-state index is 13.0. The molecule has 65 heavy (non-hydrogen) atoms. The Balaban J connectivity index is 1.25. The Morgan fingerprint density at radius 1 is 0.846 bits per heavy atom. The van der Waals surface area contributed by atoms with Gasteiger partial charge < -0.3 is 56.8 Å². The normalized spacial score (nSPS) is 14.6. The molecular formula is C42H59N7O14S2. The number of ether oxygens (including phenoxy) is 1. The number of benzene rings is 1. The number of carboxylic acids is 2. The Morgan fingerprint density at radius 2 is 1.55 bits per heavy atom. The van der Waals surface area contributed by atoms with Crippen LogP contribution in [0.5, 0.6) is 0 Å². The lowest BCUT2D eigenvalue weighted by Gasteiger charge is -2.25. The van der Waals surface area contributed by atoms with Gasteiger partial charge in [0.25, 0.3) is 0 Å². The first-order chi connectivity index (χ1) is 30.9. The smallest absolute Gasteiger partial charge is 0.327 e. The number of Topliss-reactive ketones (excluding diaryl/α,β-unsaturated/α-hetero) is 1. The van der Waals surface area contributed by atoms with Crippen molar-refractivity contribution in [1.29, 1.82) is 0 Å². The number of aliphatic carboxylic acids is 2. The van der Waals surface area contributed by atoms with Crippen LogP contribution in [0.1, 0.15) is 85.7 Å². The number of hydrogen-bond acceptors (Lipinski definition) is 19. The predicted octanol–water partition coefficient (Wildman–Crippen LogP) is 0.782. The van der Waals surface area contributed by atoms with Crippen LogP contribution < -0.4 is 16.4 Å². The van der Waals surface area contributed by atoms with Crippen molar-refractivity contribution in [3.05, 3.63) is 53.1 Å². The first-order valence-electron chi connectivity index (χ1n) is 21.0. The Labute approximate surface area is 383 Å². The summed E-state index contributed by atoms with van der Waals surface area (Å²) in [5.41, 5.74) is 8.94. The van der Waals surface area contributed by atoms with Gasteiger partial charge in [0, 0.05) is 48.8 Å². The van der Waals surface area contributed by atoms with Crippen LogP contribution in [0, 0.1) is 18.8 Å². The van der Waals surface area contributed by atoms with Crippen molar-refractivity contribution in [2.75, 3.05) is 37.0 Å². The van der Waals surface area contributed by atoms with Crippen molar-refractivity contribution < 1.29 is 69.2 Å². The monoisotopic (exact) mass is 949 g/mol. The summed E-state index contributed by atoms with van der Waals surface area (Å²) in [7, 11) is 2.40.